The third-order valence-corrected chi connectivity index (χ3v) is 4.13. The fraction of sp³-hybridized carbons (Fsp3) is 0.222. The number of oxazole rings is 1. The maximum Gasteiger partial charge on any atom is 0.255 e. The number of nitrogens with one attached hydrogen (secondary N) is 1. The van der Waals surface area contributed by atoms with Crippen molar-refractivity contribution in [1.29, 1.82) is 0 Å². The van der Waals surface area contributed by atoms with Gasteiger partial charge in [0.2, 0.25) is 6.79 Å². The van der Waals surface area contributed by atoms with Gasteiger partial charge >= 0.3 is 0 Å². The summed E-state index contributed by atoms with van der Waals surface area (Å²) in [5.41, 5.74) is 2.39. The first kappa shape index (κ1) is 15.8. The van der Waals surface area contributed by atoms with Gasteiger partial charge in [-0.15, -0.1) is 0 Å². The van der Waals surface area contributed by atoms with E-state index in [1.54, 1.807) is 30.3 Å². The molecule has 0 saturated carbocycles. The second kappa shape index (κ2) is 5.97. The van der Waals surface area contributed by atoms with Crippen LogP contribution >= 0.6 is 11.6 Å². The molecule has 2 aromatic carbocycles. The second-order valence-corrected chi connectivity index (χ2v) is 6.44. The quantitative estimate of drug-likeness (QED) is 0.741. The molecule has 0 unspecified atom stereocenters. The molecule has 0 atom stereocenters. The summed E-state index contributed by atoms with van der Waals surface area (Å²) in [5, 5.41) is 3.17. The minimum atomic E-state index is -0.299. The number of carbonyl (C=O) groups excluding carboxylic acids is 1. The van der Waals surface area contributed by atoms with Crippen molar-refractivity contribution in [2.24, 2.45) is 0 Å². The number of halogens is 1. The summed E-state index contributed by atoms with van der Waals surface area (Å²) in [7, 11) is 0. The molecule has 25 heavy (non-hydrogen) atoms. The number of ether oxygens (including phenoxy) is 2. The zero-order valence-electron chi connectivity index (χ0n) is 13.6. The van der Waals surface area contributed by atoms with Crippen molar-refractivity contribution >= 4 is 34.3 Å². The van der Waals surface area contributed by atoms with Gasteiger partial charge in [0, 0.05) is 17.2 Å². The predicted octanol–water partition coefficient (Wildman–Crippen LogP) is 4.59. The lowest BCUT2D eigenvalue weighted by atomic mass is 10.1. The van der Waals surface area contributed by atoms with Crippen LogP contribution in [-0.2, 0) is 0 Å². The summed E-state index contributed by atoms with van der Waals surface area (Å²) in [6, 6.07) is 8.49. The highest BCUT2D eigenvalue weighted by atomic mass is 35.5. The molecule has 0 spiro atoms. The van der Waals surface area contributed by atoms with E-state index in [1.165, 1.54) is 0 Å². The molecule has 1 aromatic heterocycles. The number of fused-ring (bicyclic) bond motifs is 2. The third-order valence-electron chi connectivity index (χ3n) is 3.85. The van der Waals surface area contributed by atoms with E-state index in [0.29, 0.717) is 44.8 Å². The summed E-state index contributed by atoms with van der Waals surface area (Å²) >= 11 is 6.12. The first-order valence-corrected chi connectivity index (χ1v) is 8.20. The molecule has 0 radical (unpaired) electrons. The van der Waals surface area contributed by atoms with Gasteiger partial charge in [0.25, 0.3) is 5.91 Å². The number of carbonyl (C=O) groups is 1. The van der Waals surface area contributed by atoms with Crippen LogP contribution < -0.4 is 14.8 Å². The van der Waals surface area contributed by atoms with E-state index in [4.69, 9.17) is 25.5 Å². The molecule has 1 aliphatic rings. The molecule has 128 valence electrons. The van der Waals surface area contributed by atoms with Crippen molar-refractivity contribution in [3.63, 3.8) is 0 Å². The molecular formula is C18H15ClN2O4. The monoisotopic (exact) mass is 358 g/mol. The van der Waals surface area contributed by atoms with E-state index in [2.05, 4.69) is 10.3 Å². The van der Waals surface area contributed by atoms with Gasteiger partial charge in [-0.2, -0.15) is 0 Å². The van der Waals surface area contributed by atoms with Crippen LogP contribution in [-0.4, -0.2) is 17.7 Å². The van der Waals surface area contributed by atoms with E-state index in [0.717, 1.165) is 0 Å². The van der Waals surface area contributed by atoms with Crippen LogP contribution in [0, 0.1) is 0 Å². The topological polar surface area (TPSA) is 73.6 Å². The Morgan fingerprint density at radius 2 is 2.08 bits per heavy atom. The molecule has 0 bridgehead atoms. The Balaban J connectivity index is 1.60. The second-order valence-electron chi connectivity index (χ2n) is 6.04. The summed E-state index contributed by atoms with van der Waals surface area (Å²) in [5.74, 6) is 1.49. The van der Waals surface area contributed by atoms with Crippen molar-refractivity contribution in [1.82, 2.24) is 4.98 Å². The lowest BCUT2D eigenvalue weighted by molar-refractivity contribution is 0.102. The van der Waals surface area contributed by atoms with Crippen molar-refractivity contribution in [3.8, 4) is 11.5 Å². The summed E-state index contributed by atoms with van der Waals surface area (Å²) in [6.45, 7) is 4.12. The Morgan fingerprint density at radius 1 is 1.24 bits per heavy atom. The average Bonchev–Trinajstić information content (AvgIpc) is 3.20. The minimum Gasteiger partial charge on any atom is -0.454 e. The van der Waals surface area contributed by atoms with Crippen LogP contribution in [0.4, 0.5) is 5.69 Å². The summed E-state index contributed by atoms with van der Waals surface area (Å²) < 4.78 is 16.2. The molecular weight excluding hydrogens is 344 g/mol. The number of hydrogen-bond donors (Lipinski definition) is 1. The molecule has 3 aromatic rings. The van der Waals surface area contributed by atoms with Gasteiger partial charge in [0.15, 0.2) is 23.0 Å². The SMILES string of the molecule is CC(C)c1nc2cc(NC(=O)c3cc(Cl)c4c(c3)OCO4)ccc2o1. The Kier molecular flexibility index (Phi) is 3.77. The highest BCUT2D eigenvalue weighted by Gasteiger charge is 2.21. The number of amides is 1. The Hall–Kier alpha value is -2.73. The van der Waals surface area contributed by atoms with Crippen molar-refractivity contribution in [2.45, 2.75) is 19.8 Å². The number of rotatable bonds is 3. The third kappa shape index (κ3) is 2.89. The number of benzene rings is 2. The zero-order chi connectivity index (χ0) is 17.6. The van der Waals surface area contributed by atoms with Gasteiger partial charge in [-0.05, 0) is 30.3 Å². The van der Waals surface area contributed by atoms with E-state index >= 15 is 0 Å². The molecule has 2 heterocycles. The lowest BCUT2D eigenvalue weighted by Gasteiger charge is -2.07. The first-order valence-electron chi connectivity index (χ1n) is 7.82. The molecule has 0 aliphatic carbocycles. The Bertz CT molecular complexity index is 981. The van der Waals surface area contributed by atoms with Crippen LogP contribution in [0.1, 0.15) is 36.0 Å². The predicted molar refractivity (Wildman–Crippen MR) is 93.6 cm³/mol. The summed E-state index contributed by atoms with van der Waals surface area (Å²) in [4.78, 5) is 16.9. The fourth-order valence-electron chi connectivity index (χ4n) is 2.57. The van der Waals surface area contributed by atoms with Crippen LogP contribution in [0.25, 0.3) is 11.1 Å². The number of aromatic nitrogens is 1. The van der Waals surface area contributed by atoms with Gasteiger partial charge in [0.1, 0.15) is 5.52 Å². The van der Waals surface area contributed by atoms with Crippen LogP contribution in [0.3, 0.4) is 0 Å². The molecule has 1 aliphatic heterocycles. The van der Waals surface area contributed by atoms with Gasteiger partial charge in [0.05, 0.1) is 5.02 Å². The molecule has 1 amide bonds. The van der Waals surface area contributed by atoms with Gasteiger partial charge in [-0.3, -0.25) is 4.79 Å². The largest absolute Gasteiger partial charge is 0.454 e. The maximum absolute atomic E-state index is 12.5. The van der Waals surface area contributed by atoms with E-state index in [9.17, 15) is 4.79 Å². The number of nitrogens with zero attached hydrogens (tertiary/aromatic N) is 1. The maximum atomic E-state index is 12.5. The minimum absolute atomic E-state index is 0.0983. The van der Waals surface area contributed by atoms with E-state index < -0.39 is 0 Å². The highest BCUT2D eigenvalue weighted by Crippen LogP contribution is 2.40. The standard InChI is InChI=1S/C18H15ClN2O4/c1-9(2)18-21-13-7-11(3-4-14(13)25-18)20-17(22)10-5-12(19)16-15(6-10)23-8-24-16/h3-7,9H,8H2,1-2H3,(H,20,22). The lowest BCUT2D eigenvalue weighted by Crippen LogP contribution is -2.11. The molecule has 0 fully saturated rings. The molecule has 1 N–H and O–H groups in total. The van der Waals surface area contributed by atoms with Gasteiger partial charge in [-0.1, -0.05) is 25.4 Å². The Morgan fingerprint density at radius 3 is 2.88 bits per heavy atom. The van der Waals surface area contributed by atoms with Crippen molar-refractivity contribution < 1.29 is 18.7 Å². The molecule has 0 saturated heterocycles. The molecule has 6 nitrogen and oxygen atoms in total. The highest BCUT2D eigenvalue weighted by molar-refractivity contribution is 6.32. The fourth-order valence-corrected chi connectivity index (χ4v) is 2.84. The average molecular weight is 359 g/mol. The first-order chi connectivity index (χ1) is 12.0. The molecule has 7 heteroatoms. The normalized spacial score (nSPS) is 12.8. The van der Waals surface area contributed by atoms with Crippen LogP contribution in [0.2, 0.25) is 5.02 Å². The van der Waals surface area contributed by atoms with Crippen molar-refractivity contribution in [3.05, 3.63) is 46.8 Å². The smallest absolute Gasteiger partial charge is 0.255 e. The number of anilines is 1. The van der Waals surface area contributed by atoms with E-state index in [1.807, 2.05) is 13.8 Å². The van der Waals surface area contributed by atoms with Gasteiger partial charge < -0.3 is 19.2 Å². The zero-order valence-corrected chi connectivity index (χ0v) is 14.4. The summed E-state index contributed by atoms with van der Waals surface area (Å²) in [6.07, 6.45) is 0. The Labute approximate surface area is 148 Å². The van der Waals surface area contributed by atoms with Crippen LogP contribution in [0.5, 0.6) is 11.5 Å². The molecule has 4 rings (SSSR count). The van der Waals surface area contributed by atoms with E-state index in [-0.39, 0.29) is 18.6 Å². The van der Waals surface area contributed by atoms with Crippen LogP contribution in [0.15, 0.2) is 34.7 Å². The van der Waals surface area contributed by atoms with Gasteiger partial charge in [-0.25, -0.2) is 4.98 Å². The number of hydrogen-bond acceptors (Lipinski definition) is 5. The van der Waals surface area contributed by atoms with Crippen molar-refractivity contribution in [2.75, 3.05) is 12.1 Å².